The number of rotatable bonds is 5. The van der Waals surface area contributed by atoms with Crippen molar-refractivity contribution in [1.82, 2.24) is 0 Å². The molecule has 3 aromatic carbocycles. The van der Waals surface area contributed by atoms with Crippen molar-refractivity contribution >= 4 is 23.0 Å². The maximum absolute atomic E-state index is 13.1. The van der Waals surface area contributed by atoms with Crippen LogP contribution in [0.15, 0.2) is 60.7 Å². The Labute approximate surface area is 172 Å². The summed E-state index contributed by atoms with van der Waals surface area (Å²) in [7, 11) is 0. The van der Waals surface area contributed by atoms with Crippen LogP contribution in [-0.2, 0) is 13.0 Å². The minimum atomic E-state index is -0.0826. The first kappa shape index (κ1) is 19.1. The molecule has 1 amide bonds. The molecular weight excluding hydrogens is 358 g/mol. The monoisotopic (exact) mass is 385 g/mol. The van der Waals surface area contributed by atoms with Crippen LogP contribution in [0.3, 0.4) is 0 Å². The van der Waals surface area contributed by atoms with Crippen LogP contribution in [0.25, 0.3) is 0 Å². The van der Waals surface area contributed by atoms with Gasteiger partial charge < -0.3 is 16.0 Å². The van der Waals surface area contributed by atoms with E-state index in [-0.39, 0.29) is 5.91 Å². The van der Waals surface area contributed by atoms with Gasteiger partial charge in [-0.2, -0.15) is 0 Å². The van der Waals surface area contributed by atoms with E-state index in [0.717, 1.165) is 36.4 Å². The number of benzene rings is 3. The van der Waals surface area contributed by atoms with Crippen molar-refractivity contribution in [3.63, 3.8) is 0 Å². The van der Waals surface area contributed by atoms with Crippen LogP contribution in [0, 0.1) is 13.8 Å². The van der Waals surface area contributed by atoms with Crippen molar-refractivity contribution in [2.75, 3.05) is 22.5 Å². The number of para-hydroxylation sites is 2. The Kier molecular flexibility index (Phi) is 5.52. The predicted octanol–water partition coefficient (Wildman–Crippen LogP) is 5.53. The van der Waals surface area contributed by atoms with Gasteiger partial charge in [0.1, 0.15) is 0 Å². The molecule has 1 aliphatic heterocycles. The van der Waals surface area contributed by atoms with Crippen molar-refractivity contribution in [1.29, 1.82) is 0 Å². The highest BCUT2D eigenvalue weighted by molar-refractivity contribution is 6.10. The number of nitrogens with one attached hydrogen (secondary N) is 3. The SMILES string of the molecule is Cc1ccccc1CNc1ccccc1NC(=O)c1ccc(C)c2c1NCCC2. The van der Waals surface area contributed by atoms with Gasteiger partial charge in [-0.1, -0.05) is 42.5 Å². The van der Waals surface area contributed by atoms with Crippen molar-refractivity contribution < 1.29 is 4.79 Å². The van der Waals surface area contributed by atoms with E-state index in [1.165, 1.54) is 22.3 Å². The van der Waals surface area contributed by atoms with Gasteiger partial charge in [0.15, 0.2) is 0 Å². The van der Waals surface area contributed by atoms with E-state index in [1.54, 1.807) is 0 Å². The second kappa shape index (κ2) is 8.39. The second-order valence-corrected chi connectivity index (χ2v) is 7.59. The lowest BCUT2D eigenvalue weighted by Crippen LogP contribution is -2.20. The van der Waals surface area contributed by atoms with Crippen LogP contribution >= 0.6 is 0 Å². The highest BCUT2D eigenvalue weighted by atomic mass is 16.1. The zero-order valence-corrected chi connectivity index (χ0v) is 17.0. The van der Waals surface area contributed by atoms with Gasteiger partial charge in [-0.25, -0.2) is 0 Å². The Morgan fingerprint density at radius 2 is 1.69 bits per heavy atom. The zero-order valence-electron chi connectivity index (χ0n) is 17.0. The Morgan fingerprint density at radius 3 is 2.52 bits per heavy atom. The molecule has 148 valence electrons. The summed E-state index contributed by atoms with van der Waals surface area (Å²) >= 11 is 0. The summed E-state index contributed by atoms with van der Waals surface area (Å²) in [6.07, 6.45) is 2.12. The van der Waals surface area contributed by atoms with Crippen LogP contribution in [0.5, 0.6) is 0 Å². The molecule has 0 fully saturated rings. The lowest BCUT2D eigenvalue weighted by Gasteiger charge is -2.23. The molecule has 4 rings (SSSR count). The summed E-state index contributed by atoms with van der Waals surface area (Å²) in [6.45, 7) is 5.84. The van der Waals surface area contributed by atoms with Gasteiger partial charge in [0, 0.05) is 13.1 Å². The van der Waals surface area contributed by atoms with Gasteiger partial charge >= 0.3 is 0 Å². The molecule has 0 bridgehead atoms. The Hall–Kier alpha value is -3.27. The number of amides is 1. The normalized spacial score (nSPS) is 12.6. The molecule has 3 aromatic rings. The average molecular weight is 386 g/mol. The largest absolute Gasteiger partial charge is 0.384 e. The molecule has 0 atom stereocenters. The fourth-order valence-electron chi connectivity index (χ4n) is 3.88. The highest BCUT2D eigenvalue weighted by Gasteiger charge is 2.20. The number of aryl methyl sites for hydroxylation is 2. The van der Waals surface area contributed by atoms with Crippen LogP contribution in [0.4, 0.5) is 17.1 Å². The van der Waals surface area contributed by atoms with E-state index in [2.05, 4.69) is 41.9 Å². The van der Waals surface area contributed by atoms with Crippen molar-refractivity contribution in [2.24, 2.45) is 0 Å². The van der Waals surface area contributed by atoms with Gasteiger partial charge in [-0.3, -0.25) is 4.79 Å². The predicted molar refractivity (Wildman–Crippen MR) is 121 cm³/mol. The van der Waals surface area contributed by atoms with Crippen LogP contribution in [0.2, 0.25) is 0 Å². The smallest absolute Gasteiger partial charge is 0.257 e. The van der Waals surface area contributed by atoms with E-state index in [1.807, 2.05) is 48.5 Å². The molecule has 0 aromatic heterocycles. The summed E-state index contributed by atoms with van der Waals surface area (Å²) in [6, 6.07) is 20.1. The summed E-state index contributed by atoms with van der Waals surface area (Å²) < 4.78 is 0. The van der Waals surface area contributed by atoms with Crippen LogP contribution < -0.4 is 16.0 Å². The fourth-order valence-corrected chi connectivity index (χ4v) is 3.88. The Balaban J connectivity index is 1.55. The van der Waals surface area contributed by atoms with Gasteiger partial charge in [-0.15, -0.1) is 0 Å². The average Bonchev–Trinajstić information content (AvgIpc) is 2.74. The van der Waals surface area contributed by atoms with Crippen LogP contribution in [-0.4, -0.2) is 12.5 Å². The summed E-state index contributed by atoms with van der Waals surface area (Å²) in [4.78, 5) is 13.1. The van der Waals surface area contributed by atoms with Crippen LogP contribution in [0.1, 0.15) is 39.0 Å². The molecule has 0 spiro atoms. The summed E-state index contributed by atoms with van der Waals surface area (Å²) in [5, 5.41) is 10.0. The minimum Gasteiger partial charge on any atom is -0.384 e. The third-order valence-corrected chi connectivity index (χ3v) is 5.60. The zero-order chi connectivity index (χ0) is 20.2. The molecule has 1 heterocycles. The molecule has 0 radical (unpaired) electrons. The van der Waals surface area contributed by atoms with Gasteiger partial charge in [0.2, 0.25) is 0 Å². The van der Waals surface area contributed by atoms with Crippen molar-refractivity contribution in [3.05, 3.63) is 88.5 Å². The molecular formula is C25H27N3O. The lowest BCUT2D eigenvalue weighted by atomic mass is 9.94. The maximum atomic E-state index is 13.1. The number of hydrogen-bond acceptors (Lipinski definition) is 3. The van der Waals surface area contributed by atoms with Gasteiger partial charge in [0.25, 0.3) is 5.91 Å². The lowest BCUT2D eigenvalue weighted by molar-refractivity contribution is 0.102. The van der Waals surface area contributed by atoms with Crippen molar-refractivity contribution in [2.45, 2.75) is 33.2 Å². The summed E-state index contributed by atoms with van der Waals surface area (Å²) in [5.74, 6) is -0.0826. The Morgan fingerprint density at radius 1 is 0.931 bits per heavy atom. The fraction of sp³-hybridized carbons (Fsp3) is 0.240. The quantitative estimate of drug-likeness (QED) is 0.541. The molecule has 29 heavy (non-hydrogen) atoms. The number of anilines is 3. The third kappa shape index (κ3) is 4.11. The molecule has 4 nitrogen and oxygen atoms in total. The third-order valence-electron chi connectivity index (χ3n) is 5.60. The number of hydrogen-bond donors (Lipinski definition) is 3. The number of carbonyl (C=O) groups excluding carboxylic acids is 1. The van der Waals surface area contributed by atoms with E-state index in [0.29, 0.717) is 12.1 Å². The highest BCUT2D eigenvalue weighted by Crippen LogP contribution is 2.30. The molecule has 0 saturated heterocycles. The standard InChI is InChI=1S/C25H27N3O/c1-17-8-3-4-9-19(17)16-27-22-11-5-6-12-23(22)28-25(29)21-14-13-18(2)20-10-7-15-26-24(20)21/h3-6,8-9,11-14,26-27H,7,10,15-16H2,1-2H3,(H,28,29). The van der Waals surface area contributed by atoms with Gasteiger partial charge in [0.05, 0.1) is 22.6 Å². The van der Waals surface area contributed by atoms with Crippen molar-refractivity contribution in [3.8, 4) is 0 Å². The second-order valence-electron chi connectivity index (χ2n) is 7.59. The maximum Gasteiger partial charge on any atom is 0.257 e. The molecule has 4 heteroatoms. The topological polar surface area (TPSA) is 53.2 Å². The molecule has 3 N–H and O–H groups in total. The Bertz CT molecular complexity index is 1040. The van der Waals surface area contributed by atoms with Gasteiger partial charge in [-0.05, 0) is 67.1 Å². The van der Waals surface area contributed by atoms with E-state index in [4.69, 9.17) is 0 Å². The first-order valence-corrected chi connectivity index (χ1v) is 10.2. The molecule has 0 unspecified atom stereocenters. The minimum absolute atomic E-state index is 0.0826. The first-order valence-electron chi connectivity index (χ1n) is 10.2. The summed E-state index contributed by atoms with van der Waals surface area (Å²) in [5.41, 5.74) is 8.38. The first-order chi connectivity index (χ1) is 14.1. The van der Waals surface area contributed by atoms with E-state index >= 15 is 0 Å². The number of fused-ring (bicyclic) bond motifs is 1. The molecule has 0 aliphatic carbocycles. The molecule has 0 saturated carbocycles. The number of carbonyl (C=O) groups is 1. The van der Waals surface area contributed by atoms with E-state index in [9.17, 15) is 4.79 Å². The molecule has 1 aliphatic rings. The van der Waals surface area contributed by atoms with E-state index < -0.39 is 0 Å².